The van der Waals surface area contributed by atoms with Crippen LogP contribution in [0.1, 0.15) is 32.6 Å². The Morgan fingerprint density at radius 2 is 1.83 bits per heavy atom. The minimum absolute atomic E-state index is 0.0436. The molecule has 2 N–H and O–H groups in total. The van der Waals surface area contributed by atoms with E-state index in [0.717, 1.165) is 24.3 Å². The van der Waals surface area contributed by atoms with Crippen molar-refractivity contribution in [1.82, 2.24) is 0 Å². The van der Waals surface area contributed by atoms with Crippen LogP contribution in [0.15, 0.2) is 36.9 Å². The lowest BCUT2D eigenvalue weighted by Crippen LogP contribution is -2.06. The largest absolute Gasteiger partial charge is 0.385 e. The summed E-state index contributed by atoms with van der Waals surface area (Å²) in [7, 11) is 0. The zero-order valence-corrected chi connectivity index (χ0v) is 11.0. The van der Waals surface area contributed by atoms with Gasteiger partial charge in [-0.25, -0.2) is 0 Å². The zero-order chi connectivity index (χ0) is 13.2. The van der Waals surface area contributed by atoms with Gasteiger partial charge >= 0.3 is 0 Å². The van der Waals surface area contributed by atoms with E-state index in [1.807, 2.05) is 30.3 Å². The molecule has 0 fully saturated rings. The molecule has 0 atom stereocenters. The number of rotatable bonds is 8. The monoisotopic (exact) mass is 246 g/mol. The number of allylic oxidation sites excluding steroid dienone is 1. The summed E-state index contributed by atoms with van der Waals surface area (Å²) in [5, 5.41) is 6.11. The first-order valence-corrected chi connectivity index (χ1v) is 6.45. The van der Waals surface area contributed by atoms with E-state index in [1.165, 1.54) is 26.2 Å². The molecule has 98 valence electrons. The number of anilines is 2. The standard InChI is InChI=1S/C15H22N2O/c1-3-4-5-6-7-12-16-14-8-10-15(11-9-14)17-13(2)18/h3,8-11,16H,1,4-7,12H2,2H3,(H,17,18). The zero-order valence-electron chi connectivity index (χ0n) is 11.0. The molecule has 3 nitrogen and oxygen atoms in total. The predicted octanol–water partition coefficient (Wildman–Crippen LogP) is 3.80. The van der Waals surface area contributed by atoms with Gasteiger partial charge in [0.1, 0.15) is 0 Å². The van der Waals surface area contributed by atoms with E-state index < -0.39 is 0 Å². The second kappa shape index (κ2) is 8.34. The molecule has 0 aliphatic rings. The van der Waals surface area contributed by atoms with Gasteiger partial charge in [-0.1, -0.05) is 12.5 Å². The third-order valence-electron chi connectivity index (χ3n) is 2.62. The fraction of sp³-hybridized carbons (Fsp3) is 0.400. The first kappa shape index (κ1) is 14.3. The van der Waals surface area contributed by atoms with Crippen LogP contribution in [0.5, 0.6) is 0 Å². The topological polar surface area (TPSA) is 41.1 Å². The van der Waals surface area contributed by atoms with E-state index >= 15 is 0 Å². The van der Waals surface area contributed by atoms with Crippen LogP contribution in [-0.2, 0) is 4.79 Å². The molecule has 0 saturated heterocycles. The molecule has 0 saturated carbocycles. The molecule has 0 heterocycles. The molecule has 3 heteroatoms. The fourth-order valence-corrected chi connectivity index (χ4v) is 1.70. The highest BCUT2D eigenvalue weighted by atomic mass is 16.1. The van der Waals surface area contributed by atoms with Crippen molar-refractivity contribution in [2.75, 3.05) is 17.2 Å². The first-order valence-electron chi connectivity index (χ1n) is 6.45. The van der Waals surface area contributed by atoms with Gasteiger partial charge < -0.3 is 10.6 Å². The Morgan fingerprint density at radius 3 is 2.44 bits per heavy atom. The molecular weight excluding hydrogens is 224 g/mol. The molecule has 1 aromatic rings. The predicted molar refractivity (Wildman–Crippen MR) is 77.9 cm³/mol. The molecule has 0 aliphatic carbocycles. The molecule has 0 radical (unpaired) electrons. The number of amides is 1. The maximum absolute atomic E-state index is 10.9. The number of hydrogen-bond acceptors (Lipinski definition) is 2. The maximum atomic E-state index is 10.9. The van der Waals surface area contributed by atoms with Crippen molar-refractivity contribution >= 4 is 17.3 Å². The molecule has 0 bridgehead atoms. The Bertz CT molecular complexity index is 371. The van der Waals surface area contributed by atoms with E-state index in [0.29, 0.717) is 0 Å². The van der Waals surface area contributed by atoms with E-state index in [4.69, 9.17) is 0 Å². The van der Waals surface area contributed by atoms with Crippen LogP contribution in [0.3, 0.4) is 0 Å². The SMILES string of the molecule is C=CCCCCCNc1ccc(NC(C)=O)cc1. The number of carbonyl (C=O) groups is 1. The Kier molecular flexibility index (Phi) is 6.62. The van der Waals surface area contributed by atoms with Crippen LogP contribution in [-0.4, -0.2) is 12.5 Å². The van der Waals surface area contributed by atoms with Gasteiger partial charge in [-0.15, -0.1) is 6.58 Å². The van der Waals surface area contributed by atoms with Crippen molar-refractivity contribution in [3.05, 3.63) is 36.9 Å². The molecule has 0 unspecified atom stereocenters. The Balaban J connectivity index is 2.22. The summed E-state index contributed by atoms with van der Waals surface area (Å²) in [5.74, 6) is -0.0436. The molecule has 1 aromatic carbocycles. The summed E-state index contributed by atoms with van der Waals surface area (Å²) < 4.78 is 0. The molecule has 18 heavy (non-hydrogen) atoms. The minimum atomic E-state index is -0.0436. The summed E-state index contributed by atoms with van der Waals surface area (Å²) in [4.78, 5) is 10.9. The lowest BCUT2D eigenvalue weighted by Gasteiger charge is -2.07. The lowest BCUT2D eigenvalue weighted by molar-refractivity contribution is -0.114. The van der Waals surface area contributed by atoms with Gasteiger partial charge in [-0.3, -0.25) is 4.79 Å². The van der Waals surface area contributed by atoms with Crippen molar-refractivity contribution in [3.8, 4) is 0 Å². The van der Waals surface area contributed by atoms with E-state index in [1.54, 1.807) is 0 Å². The van der Waals surface area contributed by atoms with Crippen LogP contribution in [0, 0.1) is 0 Å². The van der Waals surface area contributed by atoms with Crippen molar-refractivity contribution in [2.45, 2.75) is 32.6 Å². The van der Waals surface area contributed by atoms with Crippen molar-refractivity contribution in [2.24, 2.45) is 0 Å². The van der Waals surface area contributed by atoms with Crippen LogP contribution in [0.2, 0.25) is 0 Å². The minimum Gasteiger partial charge on any atom is -0.385 e. The molecule has 0 aliphatic heterocycles. The van der Waals surface area contributed by atoms with Gasteiger partial charge in [0.25, 0.3) is 0 Å². The molecular formula is C15H22N2O. The average molecular weight is 246 g/mol. The van der Waals surface area contributed by atoms with Crippen molar-refractivity contribution in [1.29, 1.82) is 0 Å². The first-order chi connectivity index (χ1) is 8.72. The van der Waals surface area contributed by atoms with E-state index in [9.17, 15) is 4.79 Å². The number of benzene rings is 1. The van der Waals surface area contributed by atoms with Crippen LogP contribution in [0.25, 0.3) is 0 Å². The van der Waals surface area contributed by atoms with Crippen LogP contribution < -0.4 is 10.6 Å². The Morgan fingerprint density at radius 1 is 1.17 bits per heavy atom. The number of unbranched alkanes of at least 4 members (excludes halogenated alkanes) is 3. The van der Waals surface area contributed by atoms with Gasteiger partial charge in [0.05, 0.1) is 0 Å². The van der Waals surface area contributed by atoms with Crippen molar-refractivity contribution < 1.29 is 4.79 Å². The Labute approximate surface area is 109 Å². The smallest absolute Gasteiger partial charge is 0.221 e. The number of hydrogen-bond donors (Lipinski definition) is 2. The summed E-state index contributed by atoms with van der Waals surface area (Å²) in [5.41, 5.74) is 1.92. The van der Waals surface area contributed by atoms with Gasteiger partial charge in [-0.05, 0) is 43.5 Å². The third-order valence-corrected chi connectivity index (χ3v) is 2.62. The van der Waals surface area contributed by atoms with Crippen LogP contribution in [0.4, 0.5) is 11.4 Å². The quantitative estimate of drug-likeness (QED) is 0.541. The molecule has 0 spiro atoms. The maximum Gasteiger partial charge on any atom is 0.221 e. The average Bonchev–Trinajstić information content (AvgIpc) is 2.35. The Hall–Kier alpha value is -1.77. The second-order valence-electron chi connectivity index (χ2n) is 4.32. The summed E-state index contributed by atoms with van der Waals surface area (Å²) in [6.07, 6.45) is 6.68. The van der Waals surface area contributed by atoms with E-state index in [2.05, 4.69) is 17.2 Å². The highest BCUT2D eigenvalue weighted by Gasteiger charge is 1.96. The normalized spacial score (nSPS) is 9.83. The second-order valence-corrected chi connectivity index (χ2v) is 4.32. The van der Waals surface area contributed by atoms with Gasteiger partial charge in [-0.2, -0.15) is 0 Å². The summed E-state index contributed by atoms with van der Waals surface area (Å²) in [6.45, 7) is 6.20. The molecule has 0 aromatic heterocycles. The molecule has 1 amide bonds. The van der Waals surface area contributed by atoms with Gasteiger partial charge in [0, 0.05) is 24.8 Å². The van der Waals surface area contributed by atoms with E-state index in [-0.39, 0.29) is 5.91 Å². The third kappa shape index (κ3) is 6.09. The van der Waals surface area contributed by atoms with Gasteiger partial charge in [0.2, 0.25) is 5.91 Å². The number of carbonyl (C=O) groups excluding carboxylic acids is 1. The lowest BCUT2D eigenvalue weighted by atomic mass is 10.2. The highest BCUT2D eigenvalue weighted by molar-refractivity contribution is 5.88. The highest BCUT2D eigenvalue weighted by Crippen LogP contribution is 2.13. The number of nitrogens with one attached hydrogen (secondary N) is 2. The summed E-state index contributed by atoms with van der Waals surface area (Å²) >= 11 is 0. The van der Waals surface area contributed by atoms with Crippen LogP contribution >= 0.6 is 0 Å². The van der Waals surface area contributed by atoms with Crippen molar-refractivity contribution in [3.63, 3.8) is 0 Å². The molecule has 1 rings (SSSR count). The summed E-state index contributed by atoms with van der Waals surface area (Å²) in [6, 6.07) is 7.77. The fourth-order valence-electron chi connectivity index (χ4n) is 1.70. The van der Waals surface area contributed by atoms with Gasteiger partial charge in [0.15, 0.2) is 0 Å².